The molecule has 29 heavy (non-hydrogen) atoms. The zero-order valence-electron chi connectivity index (χ0n) is 14.5. The quantitative estimate of drug-likeness (QED) is 0.499. The summed E-state index contributed by atoms with van der Waals surface area (Å²) in [4.78, 5) is 16.7. The molecule has 0 bridgehead atoms. The molecule has 0 saturated carbocycles. The van der Waals surface area contributed by atoms with Crippen LogP contribution in [0.15, 0.2) is 63.7 Å². The lowest BCUT2D eigenvalue weighted by atomic mass is 10.2. The van der Waals surface area contributed by atoms with E-state index in [4.69, 9.17) is 4.42 Å². The van der Waals surface area contributed by atoms with Gasteiger partial charge in [0.1, 0.15) is 5.69 Å². The Hall–Kier alpha value is -3.53. The average molecular weight is 416 g/mol. The normalized spacial score (nSPS) is 11.4. The van der Waals surface area contributed by atoms with Gasteiger partial charge in [0.15, 0.2) is 0 Å². The number of thiophene rings is 1. The van der Waals surface area contributed by atoms with Crippen molar-refractivity contribution in [1.29, 1.82) is 0 Å². The van der Waals surface area contributed by atoms with Gasteiger partial charge in [-0.2, -0.15) is 24.5 Å². The monoisotopic (exact) mass is 416 g/mol. The number of nitrogens with zero attached hydrogens (tertiary/aromatic N) is 3. The van der Waals surface area contributed by atoms with Crippen LogP contribution in [-0.2, 0) is 6.18 Å². The largest absolute Gasteiger partial charge is 0.416 e. The topological polar surface area (TPSA) is 80.9 Å². The van der Waals surface area contributed by atoms with Crippen LogP contribution in [0.1, 0.15) is 16.2 Å². The summed E-state index contributed by atoms with van der Waals surface area (Å²) in [6, 6.07) is 11.4. The Kier molecular flexibility index (Phi) is 4.85. The van der Waals surface area contributed by atoms with Gasteiger partial charge in [0.05, 0.1) is 11.3 Å². The molecule has 1 amide bonds. The standard InChI is InChI=1S/C19H11F3N4O2S/c20-19(21,22)12-3-1-4-13(9-12)23-16(27)18-26-25-17(28-18)15-6-2-5-14(24-15)11-7-8-29-10-11/h1-10H,(H,23,27). The number of carbonyl (C=O) groups excluding carboxylic acids is 1. The summed E-state index contributed by atoms with van der Waals surface area (Å²) >= 11 is 1.53. The lowest BCUT2D eigenvalue weighted by molar-refractivity contribution is -0.137. The van der Waals surface area contributed by atoms with E-state index in [1.165, 1.54) is 23.5 Å². The van der Waals surface area contributed by atoms with E-state index in [1.807, 2.05) is 22.9 Å². The molecule has 4 aromatic rings. The molecule has 0 spiro atoms. The summed E-state index contributed by atoms with van der Waals surface area (Å²) in [7, 11) is 0. The predicted octanol–water partition coefficient (Wildman–Crippen LogP) is 5.13. The molecule has 0 aliphatic heterocycles. The molecule has 146 valence electrons. The number of rotatable bonds is 4. The summed E-state index contributed by atoms with van der Waals surface area (Å²) in [6.45, 7) is 0. The molecule has 0 unspecified atom stereocenters. The predicted molar refractivity (Wildman–Crippen MR) is 100 cm³/mol. The van der Waals surface area contributed by atoms with Crippen molar-refractivity contribution in [3.05, 3.63) is 70.7 Å². The number of pyridine rings is 1. The molecular formula is C19H11F3N4O2S. The smallest absolute Gasteiger partial charge is 0.411 e. The molecule has 0 aliphatic carbocycles. The van der Waals surface area contributed by atoms with E-state index in [0.29, 0.717) is 11.4 Å². The van der Waals surface area contributed by atoms with Gasteiger partial charge >= 0.3 is 18.0 Å². The van der Waals surface area contributed by atoms with Gasteiger partial charge in [-0.15, -0.1) is 10.2 Å². The fraction of sp³-hybridized carbons (Fsp3) is 0.0526. The van der Waals surface area contributed by atoms with E-state index < -0.39 is 17.6 Å². The zero-order valence-corrected chi connectivity index (χ0v) is 15.3. The number of nitrogens with one attached hydrogen (secondary N) is 1. The fourth-order valence-electron chi connectivity index (χ4n) is 2.50. The fourth-order valence-corrected chi connectivity index (χ4v) is 3.15. The highest BCUT2D eigenvalue weighted by molar-refractivity contribution is 7.08. The average Bonchev–Trinajstić information content (AvgIpc) is 3.40. The Morgan fingerprint density at radius 3 is 2.59 bits per heavy atom. The maximum absolute atomic E-state index is 12.8. The number of aromatic nitrogens is 3. The summed E-state index contributed by atoms with van der Waals surface area (Å²) < 4.78 is 43.7. The number of hydrogen-bond acceptors (Lipinski definition) is 6. The van der Waals surface area contributed by atoms with Gasteiger partial charge < -0.3 is 9.73 Å². The van der Waals surface area contributed by atoms with E-state index in [2.05, 4.69) is 20.5 Å². The van der Waals surface area contributed by atoms with Crippen LogP contribution in [0.2, 0.25) is 0 Å². The molecule has 0 atom stereocenters. The van der Waals surface area contributed by atoms with E-state index in [9.17, 15) is 18.0 Å². The summed E-state index contributed by atoms with van der Waals surface area (Å²) in [5, 5.41) is 13.7. The number of alkyl halides is 3. The number of anilines is 1. The van der Waals surface area contributed by atoms with Crippen LogP contribution < -0.4 is 5.32 Å². The first kappa shape index (κ1) is 18.8. The van der Waals surface area contributed by atoms with Crippen molar-refractivity contribution in [1.82, 2.24) is 15.2 Å². The summed E-state index contributed by atoms with van der Waals surface area (Å²) in [6.07, 6.45) is -4.52. The van der Waals surface area contributed by atoms with Gasteiger partial charge in [0.2, 0.25) is 0 Å². The Balaban J connectivity index is 1.54. The zero-order chi connectivity index (χ0) is 20.4. The maximum atomic E-state index is 12.8. The van der Waals surface area contributed by atoms with Gasteiger partial charge in [0.25, 0.3) is 5.89 Å². The molecule has 0 radical (unpaired) electrons. The molecule has 3 heterocycles. The molecule has 1 aromatic carbocycles. The number of amides is 1. The highest BCUT2D eigenvalue weighted by Crippen LogP contribution is 2.31. The van der Waals surface area contributed by atoms with E-state index in [1.54, 1.807) is 12.1 Å². The molecule has 3 aromatic heterocycles. The van der Waals surface area contributed by atoms with E-state index >= 15 is 0 Å². The second-order valence-corrected chi connectivity index (χ2v) is 6.65. The van der Waals surface area contributed by atoms with Crippen LogP contribution in [0.3, 0.4) is 0 Å². The highest BCUT2D eigenvalue weighted by Gasteiger charge is 2.30. The van der Waals surface area contributed by atoms with Crippen LogP contribution in [0.5, 0.6) is 0 Å². The maximum Gasteiger partial charge on any atom is 0.416 e. The third kappa shape index (κ3) is 4.16. The minimum Gasteiger partial charge on any atom is -0.411 e. The van der Waals surface area contributed by atoms with Crippen molar-refractivity contribution < 1.29 is 22.4 Å². The minimum atomic E-state index is -4.52. The van der Waals surface area contributed by atoms with E-state index in [-0.39, 0.29) is 17.5 Å². The Labute approximate surface area is 166 Å². The highest BCUT2D eigenvalue weighted by atomic mass is 32.1. The molecule has 6 nitrogen and oxygen atoms in total. The third-order valence-electron chi connectivity index (χ3n) is 3.85. The van der Waals surface area contributed by atoms with Crippen molar-refractivity contribution in [2.45, 2.75) is 6.18 Å². The Bertz CT molecular complexity index is 1160. The Morgan fingerprint density at radius 1 is 1.03 bits per heavy atom. The van der Waals surface area contributed by atoms with Crippen molar-refractivity contribution in [3.8, 4) is 22.8 Å². The molecule has 0 saturated heterocycles. The van der Waals surface area contributed by atoms with Crippen LogP contribution in [-0.4, -0.2) is 21.1 Å². The van der Waals surface area contributed by atoms with Crippen LogP contribution in [0, 0.1) is 0 Å². The number of hydrogen-bond donors (Lipinski definition) is 1. The summed E-state index contributed by atoms with van der Waals surface area (Å²) in [5.74, 6) is -1.19. The second-order valence-electron chi connectivity index (χ2n) is 5.87. The number of carbonyl (C=O) groups is 1. The molecule has 4 rings (SSSR count). The van der Waals surface area contributed by atoms with Crippen molar-refractivity contribution in [2.24, 2.45) is 0 Å². The number of halogens is 3. The van der Waals surface area contributed by atoms with Gasteiger partial charge in [-0.05, 0) is 41.8 Å². The van der Waals surface area contributed by atoms with Gasteiger partial charge in [0, 0.05) is 16.6 Å². The first-order chi connectivity index (χ1) is 13.9. The molecule has 0 aliphatic rings. The molecule has 1 N–H and O–H groups in total. The van der Waals surface area contributed by atoms with Gasteiger partial charge in [-0.1, -0.05) is 12.1 Å². The molecular weight excluding hydrogens is 405 g/mol. The summed E-state index contributed by atoms with van der Waals surface area (Å²) in [5.41, 5.74) is 1.09. The Morgan fingerprint density at radius 2 is 1.83 bits per heavy atom. The minimum absolute atomic E-state index is 0.0243. The number of benzene rings is 1. The lowest BCUT2D eigenvalue weighted by Gasteiger charge is -2.08. The molecule has 0 fully saturated rings. The van der Waals surface area contributed by atoms with Crippen LogP contribution in [0.25, 0.3) is 22.8 Å². The lowest BCUT2D eigenvalue weighted by Crippen LogP contribution is -2.13. The third-order valence-corrected chi connectivity index (χ3v) is 4.54. The SMILES string of the molecule is O=C(Nc1cccc(C(F)(F)F)c1)c1nnc(-c2cccc(-c3ccsc3)n2)o1. The van der Waals surface area contributed by atoms with Gasteiger partial charge in [-0.25, -0.2) is 4.98 Å². The molecule has 10 heteroatoms. The van der Waals surface area contributed by atoms with Crippen LogP contribution >= 0.6 is 11.3 Å². The second kappa shape index (κ2) is 7.47. The van der Waals surface area contributed by atoms with Gasteiger partial charge in [-0.3, -0.25) is 4.79 Å². The van der Waals surface area contributed by atoms with Crippen molar-refractivity contribution in [2.75, 3.05) is 5.32 Å². The van der Waals surface area contributed by atoms with Crippen LogP contribution in [0.4, 0.5) is 18.9 Å². The van der Waals surface area contributed by atoms with Crippen molar-refractivity contribution in [3.63, 3.8) is 0 Å². The van der Waals surface area contributed by atoms with Crippen molar-refractivity contribution >= 4 is 22.9 Å². The first-order valence-corrected chi connectivity index (χ1v) is 9.16. The van der Waals surface area contributed by atoms with E-state index in [0.717, 1.165) is 17.7 Å². The first-order valence-electron chi connectivity index (χ1n) is 8.22.